The highest BCUT2D eigenvalue weighted by molar-refractivity contribution is 7.90. The van der Waals surface area contributed by atoms with Gasteiger partial charge in [-0.1, -0.05) is 70.7 Å². The Hall–Kier alpha value is -1.45. The lowest BCUT2D eigenvalue weighted by atomic mass is 9.97. The number of rotatable bonds is 8. The van der Waals surface area contributed by atoms with Crippen LogP contribution in [0.15, 0.2) is 36.4 Å². The summed E-state index contributed by atoms with van der Waals surface area (Å²) in [5.74, 6) is -2.73. The van der Waals surface area contributed by atoms with Crippen molar-refractivity contribution in [2.45, 2.75) is 25.1 Å². The summed E-state index contributed by atoms with van der Waals surface area (Å²) in [4.78, 5) is 11.8. The largest absolute Gasteiger partial charge is 0.399 e. The van der Waals surface area contributed by atoms with E-state index in [1.807, 2.05) is 0 Å². The Kier molecular flexibility index (Phi) is 9.53. The van der Waals surface area contributed by atoms with Crippen LogP contribution in [0.5, 0.6) is 0 Å². The van der Waals surface area contributed by atoms with Crippen molar-refractivity contribution in [2.75, 3.05) is 12.0 Å². The average Bonchev–Trinajstić information content (AvgIpc) is 2.68. The summed E-state index contributed by atoms with van der Waals surface area (Å²) in [6.45, 7) is 0.0401. The van der Waals surface area contributed by atoms with Gasteiger partial charge in [0.15, 0.2) is 0 Å². The van der Waals surface area contributed by atoms with Crippen LogP contribution in [0.2, 0.25) is 20.1 Å². The van der Waals surface area contributed by atoms with E-state index in [2.05, 4.69) is 5.32 Å². The first kappa shape index (κ1) is 27.8. The lowest BCUT2D eigenvalue weighted by Crippen LogP contribution is -2.25. The molecule has 180 valence electrons. The van der Waals surface area contributed by atoms with Gasteiger partial charge < -0.3 is 5.32 Å². The van der Waals surface area contributed by atoms with Crippen LogP contribution in [-0.4, -0.2) is 32.5 Å². The zero-order chi connectivity index (χ0) is 25.0. The summed E-state index contributed by atoms with van der Waals surface area (Å²) >= 11 is 23.8. The van der Waals surface area contributed by atoms with E-state index in [-0.39, 0.29) is 44.4 Å². The zero-order valence-electron chi connectivity index (χ0n) is 17.0. The fourth-order valence-corrected chi connectivity index (χ4v) is 4.17. The SMILES string of the molecule is CS(=O)(=O)CCC(=O)NCc1ccc(/C=C/C(c2cc(Cl)c(Cl)c(Cl)c2)C(F)(F)F)cc1Cl. The highest BCUT2D eigenvalue weighted by Crippen LogP contribution is 2.41. The summed E-state index contributed by atoms with van der Waals surface area (Å²) < 4.78 is 63.2. The fourth-order valence-electron chi connectivity index (χ4n) is 2.74. The molecule has 33 heavy (non-hydrogen) atoms. The standard InChI is InChI=1S/C21H18Cl4F3NO3S/c1-33(31,32)7-6-19(30)29-11-13-4-2-12(8-16(13)22)3-5-15(21(26,27)28)14-9-17(23)20(25)18(24)10-14/h2-5,8-10,15H,6-7,11H2,1H3,(H,29,30)/b5-3+. The van der Waals surface area contributed by atoms with Crippen molar-refractivity contribution >= 4 is 68.2 Å². The third kappa shape index (κ3) is 8.68. The number of alkyl halides is 3. The Morgan fingerprint density at radius 1 is 1.06 bits per heavy atom. The molecule has 0 aliphatic carbocycles. The molecule has 0 saturated carbocycles. The van der Waals surface area contributed by atoms with Gasteiger partial charge in [-0.2, -0.15) is 13.2 Å². The molecule has 0 aromatic heterocycles. The van der Waals surface area contributed by atoms with Crippen LogP contribution in [0.3, 0.4) is 0 Å². The number of halogens is 7. The number of amides is 1. The van der Waals surface area contributed by atoms with Crippen molar-refractivity contribution in [3.63, 3.8) is 0 Å². The highest BCUT2D eigenvalue weighted by Gasteiger charge is 2.39. The molecule has 1 N–H and O–H groups in total. The molecule has 1 unspecified atom stereocenters. The lowest BCUT2D eigenvalue weighted by molar-refractivity contribution is -0.139. The molecule has 4 nitrogen and oxygen atoms in total. The fraction of sp³-hybridized carbons (Fsp3) is 0.286. The van der Waals surface area contributed by atoms with Crippen LogP contribution >= 0.6 is 46.4 Å². The minimum atomic E-state index is -4.61. The van der Waals surface area contributed by atoms with Gasteiger partial charge in [0.05, 0.1) is 26.7 Å². The molecule has 2 aromatic rings. The number of allylic oxidation sites excluding steroid dienone is 1. The van der Waals surface area contributed by atoms with E-state index in [1.54, 1.807) is 6.07 Å². The number of carbonyl (C=O) groups is 1. The third-order valence-corrected chi connectivity index (χ3v) is 6.95. The van der Waals surface area contributed by atoms with E-state index in [1.165, 1.54) is 18.2 Å². The summed E-state index contributed by atoms with van der Waals surface area (Å²) in [6.07, 6.45) is -1.56. The number of sulfone groups is 1. The van der Waals surface area contributed by atoms with Crippen molar-refractivity contribution in [2.24, 2.45) is 0 Å². The molecule has 0 spiro atoms. The first-order chi connectivity index (χ1) is 15.2. The first-order valence-corrected chi connectivity index (χ1v) is 12.9. The second-order valence-electron chi connectivity index (χ2n) is 7.18. The van der Waals surface area contributed by atoms with Crippen molar-refractivity contribution in [1.29, 1.82) is 0 Å². The monoisotopic (exact) mass is 561 g/mol. The Labute approximate surface area is 209 Å². The van der Waals surface area contributed by atoms with Gasteiger partial charge in [-0.25, -0.2) is 8.42 Å². The molecule has 2 rings (SSSR count). The molecule has 12 heteroatoms. The van der Waals surface area contributed by atoms with Gasteiger partial charge in [-0.15, -0.1) is 0 Å². The van der Waals surface area contributed by atoms with Crippen LogP contribution in [-0.2, 0) is 21.2 Å². The van der Waals surface area contributed by atoms with Gasteiger partial charge in [-0.3, -0.25) is 4.79 Å². The molecule has 0 bridgehead atoms. The summed E-state index contributed by atoms with van der Waals surface area (Å²) in [5.41, 5.74) is 0.746. The van der Waals surface area contributed by atoms with Crippen molar-refractivity contribution < 1.29 is 26.4 Å². The van der Waals surface area contributed by atoms with Gasteiger partial charge in [0, 0.05) is 24.2 Å². The maximum atomic E-state index is 13.7. The summed E-state index contributed by atoms with van der Waals surface area (Å²) in [5, 5.41) is 2.56. The van der Waals surface area contributed by atoms with Crippen LogP contribution in [0, 0.1) is 0 Å². The Morgan fingerprint density at radius 2 is 1.67 bits per heavy atom. The number of hydrogen-bond acceptors (Lipinski definition) is 3. The Bertz CT molecular complexity index is 1140. The maximum Gasteiger partial charge on any atom is 0.399 e. The molecule has 2 aromatic carbocycles. The van der Waals surface area contributed by atoms with Gasteiger partial charge in [-0.05, 0) is 34.9 Å². The summed E-state index contributed by atoms with van der Waals surface area (Å²) in [6, 6.07) is 6.76. The van der Waals surface area contributed by atoms with E-state index in [9.17, 15) is 26.4 Å². The van der Waals surface area contributed by atoms with E-state index >= 15 is 0 Å². The van der Waals surface area contributed by atoms with Crippen molar-refractivity contribution in [1.82, 2.24) is 5.32 Å². The van der Waals surface area contributed by atoms with Gasteiger partial charge in [0.1, 0.15) is 9.84 Å². The molecule has 0 aliphatic rings. The van der Waals surface area contributed by atoms with E-state index in [0.29, 0.717) is 11.1 Å². The third-order valence-electron chi connectivity index (χ3n) is 4.45. The van der Waals surface area contributed by atoms with Crippen LogP contribution in [0.25, 0.3) is 6.08 Å². The number of hydrogen-bond donors (Lipinski definition) is 1. The van der Waals surface area contributed by atoms with Gasteiger partial charge >= 0.3 is 6.18 Å². The molecule has 0 heterocycles. The summed E-state index contributed by atoms with van der Waals surface area (Å²) in [7, 11) is -3.26. The maximum absolute atomic E-state index is 13.7. The molecular weight excluding hydrogens is 545 g/mol. The lowest BCUT2D eigenvalue weighted by Gasteiger charge is -2.18. The van der Waals surface area contributed by atoms with Gasteiger partial charge in [0.2, 0.25) is 5.91 Å². The van der Waals surface area contributed by atoms with Crippen LogP contribution in [0.1, 0.15) is 29.0 Å². The van der Waals surface area contributed by atoms with Crippen molar-refractivity contribution in [3.05, 3.63) is 73.2 Å². The normalized spacial score (nSPS) is 13.3. The van der Waals surface area contributed by atoms with E-state index in [4.69, 9.17) is 46.4 Å². The smallest absolute Gasteiger partial charge is 0.352 e. The molecule has 0 fully saturated rings. The number of nitrogens with one attached hydrogen (secondary N) is 1. The highest BCUT2D eigenvalue weighted by atomic mass is 35.5. The second-order valence-corrected chi connectivity index (χ2v) is 11.0. The zero-order valence-corrected chi connectivity index (χ0v) is 20.9. The molecule has 0 radical (unpaired) electrons. The Morgan fingerprint density at radius 3 is 2.18 bits per heavy atom. The molecule has 0 aliphatic heterocycles. The second kappa shape index (κ2) is 11.3. The van der Waals surface area contributed by atoms with Crippen molar-refractivity contribution in [3.8, 4) is 0 Å². The Balaban J connectivity index is 2.16. The van der Waals surface area contributed by atoms with Crippen LogP contribution in [0.4, 0.5) is 13.2 Å². The number of benzene rings is 2. The minimum Gasteiger partial charge on any atom is -0.352 e. The predicted octanol–water partition coefficient (Wildman–Crippen LogP) is 6.71. The molecule has 0 saturated heterocycles. The minimum absolute atomic E-state index is 0.0298. The van der Waals surface area contributed by atoms with Gasteiger partial charge in [0.25, 0.3) is 0 Å². The first-order valence-electron chi connectivity index (χ1n) is 9.29. The quantitative estimate of drug-likeness (QED) is 0.364. The predicted molar refractivity (Wildman–Crippen MR) is 127 cm³/mol. The average molecular weight is 563 g/mol. The van der Waals surface area contributed by atoms with E-state index in [0.717, 1.165) is 24.5 Å². The molecule has 1 amide bonds. The number of carbonyl (C=O) groups excluding carboxylic acids is 1. The molecule has 1 atom stereocenters. The molecular formula is C21H18Cl4F3NO3S. The van der Waals surface area contributed by atoms with E-state index < -0.39 is 27.8 Å². The van der Waals surface area contributed by atoms with Crippen LogP contribution < -0.4 is 5.32 Å². The topological polar surface area (TPSA) is 63.2 Å².